The lowest BCUT2D eigenvalue weighted by molar-refractivity contribution is -0.117. The predicted octanol–water partition coefficient (Wildman–Crippen LogP) is 1.81. The van der Waals surface area contributed by atoms with Gasteiger partial charge >= 0.3 is 0 Å². The van der Waals surface area contributed by atoms with Crippen LogP contribution in [0.5, 0.6) is 0 Å². The molecule has 1 saturated heterocycles. The van der Waals surface area contributed by atoms with E-state index < -0.39 is 10.0 Å². The van der Waals surface area contributed by atoms with Crippen LogP contribution in [-0.4, -0.2) is 25.8 Å². The number of anilines is 1. The maximum atomic E-state index is 11.9. The van der Waals surface area contributed by atoms with Gasteiger partial charge in [-0.15, -0.1) is 0 Å². The largest absolute Gasteiger partial charge is 0.326 e. The van der Waals surface area contributed by atoms with E-state index in [0.29, 0.717) is 18.0 Å². The first-order valence-corrected chi connectivity index (χ1v) is 9.16. The van der Waals surface area contributed by atoms with E-state index in [2.05, 4.69) is 5.32 Å². The number of carbonyl (C=O) groups excluding carboxylic acids is 1. The molecular formula is C13H18N2O3S2. The number of rotatable bonds is 4. The van der Waals surface area contributed by atoms with Crippen molar-refractivity contribution in [2.75, 3.05) is 16.8 Å². The van der Waals surface area contributed by atoms with Crippen LogP contribution in [-0.2, 0) is 14.8 Å². The third-order valence-corrected chi connectivity index (χ3v) is 5.26. The van der Waals surface area contributed by atoms with Crippen LogP contribution in [0.1, 0.15) is 19.3 Å². The summed E-state index contributed by atoms with van der Waals surface area (Å²) in [4.78, 5) is 11.9. The summed E-state index contributed by atoms with van der Waals surface area (Å²) >= 11 is 1.93. The van der Waals surface area contributed by atoms with Crippen LogP contribution in [0.25, 0.3) is 0 Å². The van der Waals surface area contributed by atoms with E-state index in [1.165, 1.54) is 12.1 Å². The highest BCUT2D eigenvalue weighted by atomic mass is 32.2. The number of primary sulfonamides is 1. The minimum Gasteiger partial charge on any atom is -0.326 e. The first-order chi connectivity index (χ1) is 9.45. The Morgan fingerprint density at radius 3 is 2.40 bits per heavy atom. The van der Waals surface area contributed by atoms with Gasteiger partial charge in [-0.1, -0.05) is 0 Å². The number of thioether (sulfide) groups is 1. The van der Waals surface area contributed by atoms with Crippen molar-refractivity contribution in [1.82, 2.24) is 0 Å². The second-order valence-electron chi connectivity index (χ2n) is 4.88. The first kappa shape index (κ1) is 15.3. The van der Waals surface area contributed by atoms with Gasteiger partial charge in [-0.2, -0.15) is 11.8 Å². The predicted molar refractivity (Wildman–Crippen MR) is 81.1 cm³/mol. The summed E-state index contributed by atoms with van der Waals surface area (Å²) in [5, 5.41) is 7.80. The summed E-state index contributed by atoms with van der Waals surface area (Å²) < 4.78 is 22.2. The van der Waals surface area contributed by atoms with Gasteiger partial charge in [0.1, 0.15) is 0 Å². The van der Waals surface area contributed by atoms with Crippen molar-refractivity contribution < 1.29 is 13.2 Å². The Bertz CT molecular complexity index is 564. The number of nitrogens with one attached hydrogen (secondary N) is 1. The average Bonchev–Trinajstić information content (AvgIpc) is 2.39. The van der Waals surface area contributed by atoms with Crippen molar-refractivity contribution in [3.8, 4) is 0 Å². The quantitative estimate of drug-likeness (QED) is 0.887. The molecule has 7 heteroatoms. The van der Waals surface area contributed by atoms with E-state index in [-0.39, 0.29) is 10.8 Å². The number of nitrogens with two attached hydrogens (primary N) is 1. The van der Waals surface area contributed by atoms with Crippen LogP contribution >= 0.6 is 11.8 Å². The van der Waals surface area contributed by atoms with Gasteiger partial charge < -0.3 is 5.32 Å². The topological polar surface area (TPSA) is 89.3 Å². The molecule has 0 radical (unpaired) electrons. The molecule has 110 valence electrons. The van der Waals surface area contributed by atoms with Crippen LogP contribution in [0, 0.1) is 5.92 Å². The van der Waals surface area contributed by atoms with Gasteiger partial charge in [-0.05, 0) is 54.5 Å². The molecule has 1 heterocycles. The second-order valence-corrected chi connectivity index (χ2v) is 7.66. The molecule has 0 unspecified atom stereocenters. The average molecular weight is 314 g/mol. The first-order valence-electron chi connectivity index (χ1n) is 6.45. The van der Waals surface area contributed by atoms with Crippen LogP contribution in [0.2, 0.25) is 0 Å². The third kappa shape index (κ3) is 4.50. The lowest BCUT2D eigenvalue weighted by atomic mass is 9.98. The van der Waals surface area contributed by atoms with Crippen molar-refractivity contribution in [1.29, 1.82) is 0 Å². The highest BCUT2D eigenvalue weighted by Gasteiger charge is 2.17. The zero-order valence-corrected chi connectivity index (χ0v) is 12.7. The van der Waals surface area contributed by atoms with Gasteiger partial charge in [0.05, 0.1) is 4.90 Å². The SMILES string of the molecule is NS(=O)(=O)c1ccc(NC(=O)CC2CCSCC2)cc1. The van der Waals surface area contributed by atoms with Crippen LogP contribution in [0.3, 0.4) is 0 Å². The summed E-state index contributed by atoms with van der Waals surface area (Å²) in [6, 6.07) is 5.88. The minimum atomic E-state index is -3.69. The Labute approximate surface area is 123 Å². The smallest absolute Gasteiger partial charge is 0.238 e. The maximum Gasteiger partial charge on any atom is 0.238 e. The zero-order chi connectivity index (χ0) is 14.6. The molecule has 1 aliphatic heterocycles. The van der Waals surface area contributed by atoms with Gasteiger partial charge in [0, 0.05) is 12.1 Å². The second kappa shape index (κ2) is 6.60. The van der Waals surface area contributed by atoms with Gasteiger partial charge in [0.2, 0.25) is 15.9 Å². The summed E-state index contributed by atoms with van der Waals surface area (Å²) in [5.41, 5.74) is 0.590. The molecule has 0 aliphatic carbocycles. The van der Waals surface area contributed by atoms with E-state index >= 15 is 0 Å². The third-order valence-electron chi connectivity index (χ3n) is 3.28. The molecule has 20 heavy (non-hydrogen) atoms. The molecule has 0 spiro atoms. The number of sulfonamides is 1. The maximum absolute atomic E-state index is 11.9. The molecule has 0 bridgehead atoms. The normalized spacial score (nSPS) is 16.9. The van der Waals surface area contributed by atoms with Crippen LogP contribution < -0.4 is 10.5 Å². The van der Waals surface area contributed by atoms with Crippen molar-refractivity contribution in [3.63, 3.8) is 0 Å². The number of hydrogen-bond donors (Lipinski definition) is 2. The number of hydrogen-bond acceptors (Lipinski definition) is 4. The molecule has 1 aliphatic rings. The molecule has 1 aromatic carbocycles. The molecule has 5 nitrogen and oxygen atoms in total. The van der Waals surface area contributed by atoms with Crippen LogP contribution in [0.15, 0.2) is 29.2 Å². The highest BCUT2D eigenvalue weighted by molar-refractivity contribution is 7.99. The summed E-state index contributed by atoms with van der Waals surface area (Å²) in [5.74, 6) is 2.69. The zero-order valence-electron chi connectivity index (χ0n) is 11.0. The number of benzene rings is 1. The Balaban J connectivity index is 1.91. The summed E-state index contributed by atoms with van der Waals surface area (Å²) in [7, 11) is -3.69. The molecule has 2 rings (SSSR count). The minimum absolute atomic E-state index is 0.0229. The highest BCUT2D eigenvalue weighted by Crippen LogP contribution is 2.25. The number of carbonyl (C=O) groups is 1. The van der Waals surface area contributed by atoms with Crippen molar-refractivity contribution >= 4 is 33.4 Å². The Morgan fingerprint density at radius 1 is 1.25 bits per heavy atom. The van der Waals surface area contributed by atoms with Gasteiger partial charge in [0.25, 0.3) is 0 Å². The Hall–Kier alpha value is -1.05. The fourth-order valence-corrected chi connectivity index (χ4v) is 3.87. The number of amides is 1. The van der Waals surface area contributed by atoms with Gasteiger partial charge in [0.15, 0.2) is 0 Å². The standard InChI is InChI=1S/C13H18N2O3S2/c14-20(17,18)12-3-1-11(2-4-12)15-13(16)9-10-5-7-19-8-6-10/h1-4,10H,5-9H2,(H,15,16)(H2,14,17,18). The van der Waals surface area contributed by atoms with Crippen molar-refractivity contribution in [2.45, 2.75) is 24.2 Å². The molecular weight excluding hydrogens is 296 g/mol. The molecule has 3 N–H and O–H groups in total. The van der Waals surface area contributed by atoms with Crippen LogP contribution in [0.4, 0.5) is 5.69 Å². The van der Waals surface area contributed by atoms with Crippen molar-refractivity contribution in [2.24, 2.45) is 11.1 Å². The molecule has 1 fully saturated rings. The fourth-order valence-electron chi connectivity index (χ4n) is 2.15. The Kier molecular flexibility index (Phi) is 5.06. The van der Waals surface area contributed by atoms with Gasteiger partial charge in [-0.25, -0.2) is 13.6 Å². The van der Waals surface area contributed by atoms with E-state index in [1.807, 2.05) is 11.8 Å². The fraction of sp³-hybridized carbons (Fsp3) is 0.462. The monoisotopic (exact) mass is 314 g/mol. The van der Waals surface area contributed by atoms with E-state index in [4.69, 9.17) is 5.14 Å². The molecule has 0 aromatic heterocycles. The molecule has 0 atom stereocenters. The lowest BCUT2D eigenvalue weighted by Gasteiger charge is -2.20. The summed E-state index contributed by atoms with van der Waals surface area (Å²) in [6.07, 6.45) is 2.70. The molecule has 1 aromatic rings. The van der Waals surface area contributed by atoms with E-state index in [1.54, 1.807) is 12.1 Å². The summed E-state index contributed by atoms with van der Waals surface area (Å²) in [6.45, 7) is 0. The lowest BCUT2D eigenvalue weighted by Crippen LogP contribution is -2.19. The van der Waals surface area contributed by atoms with Crippen molar-refractivity contribution in [3.05, 3.63) is 24.3 Å². The van der Waals surface area contributed by atoms with E-state index in [0.717, 1.165) is 24.3 Å². The Morgan fingerprint density at radius 2 is 1.85 bits per heavy atom. The van der Waals surface area contributed by atoms with E-state index in [9.17, 15) is 13.2 Å². The van der Waals surface area contributed by atoms with Gasteiger partial charge in [-0.3, -0.25) is 4.79 Å². The molecule has 1 amide bonds. The molecule has 0 saturated carbocycles.